The van der Waals surface area contributed by atoms with Crippen molar-refractivity contribution in [1.29, 1.82) is 0 Å². The standard InChI is InChI=1S/C27H24N4O3Se/c1-17-22(26(33)29-9-4-11-31-12-10-28-16-31)14-19(35-17)15-23-21-8-7-18(13-24(21)30-27(23)34)20-5-2-3-6-25(20)32/h2-3,5-8,10,12-16,32H,4,9,11H2,1H3,(H,29,33)(H,30,34)/b23-15-. The number of para-hydroxylation sites is 1. The predicted molar refractivity (Wildman–Crippen MR) is 137 cm³/mol. The summed E-state index contributed by atoms with van der Waals surface area (Å²) in [6.45, 7) is 3.36. The van der Waals surface area contributed by atoms with Crippen LogP contribution >= 0.6 is 0 Å². The molecule has 0 unspecified atom stereocenters. The Hall–Kier alpha value is -3.87. The van der Waals surface area contributed by atoms with E-state index in [9.17, 15) is 14.7 Å². The first kappa shape index (κ1) is 22.9. The SMILES string of the molecule is Cc1[se]c(/C=C2\C(=O)Nc3cc(-c4ccccc4O)ccc32)cc1C(=O)NCCCn1ccnc1. The molecule has 1 aliphatic heterocycles. The number of carbonyl (C=O) groups excluding carboxylic acids is 2. The second-order valence-corrected chi connectivity index (χ2v) is 11.0. The Balaban J connectivity index is 1.31. The van der Waals surface area contributed by atoms with E-state index >= 15 is 0 Å². The quantitative estimate of drug-likeness (QED) is 0.191. The van der Waals surface area contributed by atoms with E-state index in [1.165, 1.54) is 0 Å². The van der Waals surface area contributed by atoms with Crippen molar-refractivity contribution in [2.24, 2.45) is 0 Å². The molecule has 0 saturated carbocycles. The van der Waals surface area contributed by atoms with E-state index in [0.717, 1.165) is 33.0 Å². The van der Waals surface area contributed by atoms with Gasteiger partial charge < -0.3 is 0 Å². The normalized spacial score (nSPS) is 13.6. The molecule has 5 rings (SSSR count). The van der Waals surface area contributed by atoms with Crippen molar-refractivity contribution in [3.05, 3.63) is 87.3 Å². The summed E-state index contributed by atoms with van der Waals surface area (Å²) in [5.41, 5.74) is 4.36. The van der Waals surface area contributed by atoms with Crippen LogP contribution in [0, 0.1) is 6.92 Å². The number of phenolic OH excluding ortho intramolecular Hbond substituents is 1. The molecule has 2 aromatic heterocycles. The molecular weight excluding hydrogens is 507 g/mol. The molecule has 0 fully saturated rings. The third kappa shape index (κ3) is 4.85. The van der Waals surface area contributed by atoms with Gasteiger partial charge in [-0.3, -0.25) is 0 Å². The number of rotatable bonds is 7. The number of phenols is 1. The van der Waals surface area contributed by atoms with Crippen LogP contribution in [0.15, 0.2) is 67.3 Å². The minimum absolute atomic E-state index is 0.0186. The van der Waals surface area contributed by atoms with Gasteiger partial charge in [-0.2, -0.15) is 0 Å². The first-order chi connectivity index (χ1) is 17.0. The van der Waals surface area contributed by atoms with Gasteiger partial charge in [0.05, 0.1) is 0 Å². The van der Waals surface area contributed by atoms with Crippen molar-refractivity contribution < 1.29 is 14.7 Å². The molecule has 0 radical (unpaired) electrons. The fraction of sp³-hybridized carbons (Fsp3) is 0.148. The Morgan fingerprint density at radius 2 is 2.06 bits per heavy atom. The summed E-state index contributed by atoms with van der Waals surface area (Å²) < 4.78 is 4.02. The Labute approximate surface area is 208 Å². The number of aromatic nitrogens is 2. The summed E-state index contributed by atoms with van der Waals surface area (Å²) >= 11 is -0.0186. The average Bonchev–Trinajstić information content (AvgIpc) is 3.56. The molecule has 0 saturated heterocycles. The summed E-state index contributed by atoms with van der Waals surface area (Å²) in [6.07, 6.45) is 8.12. The third-order valence-electron chi connectivity index (χ3n) is 5.92. The number of nitrogens with zero attached hydrogens (tertiary/aromatic N) is 2. The van der Waals surface area contributed by atoms with Crippen LogP contribution in [-0.4, -0.2) is 47.5 Å². The molecule has 0 aliphatic carbocycles. The molecule has 3 heterocycles. The van der Waals surface area contributed by atoms with Crippen molar-refractivity contribution >= 4 is 43.7 Å². The topological polar surface area (TPSA) is 96.3 Å². The van der Waals surface area contributed by atoms with Gasteiger partial charge in [-0.05, 0) is 0 Å². The number of hydrogen-bond acceptors (Lipinski definition) is 4. The molecule has 1 aliphatic rings. The van der Waals surface area contributed by atoms with Gasteiger partial charge in [-0.25, -0.2) is 0 Å². The van der Waals surface area contributed by atoms with E-state index in [1.807, 2.05) is 60.2 Å². The second-order valence-electron chi connectivity index (χ2n) is 8.32. The number of benzene rings is 2. The first-order valence-electron chi connectivity index (χ1n) is 11.3. The van der Waals surface area contributed by atoms with Crippen LogP contribution in [0.3, 0.4) is 0 Å². The maximum absolute atomic E-state index is 12.8. The molecule has 0 atom stereocenters. The predicted octanol–water partition coefficient (Wildman–Crippen LogP) is 3.93. The van der Waals surface area contributed by atoms with Crippen molar-refractivity contribution in [3.8, 4) is 16.9 Å². The van der Waals surface area contributed by atoms with Gasteiger partial charge in [0.15, 0.2) is 0 Å². The summed E-state index contributed by atoms with van der Waals surface area (Å²) in [5, 5.41) is 16.1. The number of fused-ring (bicyclic) bond motifs is 1. The number of imidazole rings is 1. The van der Waals surface area contributed by atoms with Gasteiger partial charge in [-0.15, -0.1) is 0 Å². The monoisotopic (exact) mass is 532 g/mol. The summed E-state index contributed by atoms with van der Waals surface area (Å²) in [5.74, 6) is -0.0476. The molecule has 3 N–H and O–H groups in total. The maximum atomic E-state index is 12.8. The number of aryl methyl sites for hydroxylation is 2. The van der Waals surface area contributed by atoms with Crippen LogP contribution in [0.25, 0.3) is 22.8 Å². The fourth-order valence-corrected chi connectivity index (χ4v) is 6.18. The molecule has 4 aromatic rings. The van der Waals surface area contributed by atoms with Crippen LogP contribution < -0.4 is 10.6 Å². The van der Waals surface area contributed by atoms with Gasteiger partial charge >= 0.3 is 209 Å². The van der Waals surface area contributed by atoms with Gasteiger partial charge in [0.1, 0.15) is 0 Å². The second kappa shape index (κ2) is 9.78. The van der Waals surface area contributed by atoms with Gasteiger partial charge in [0.2, 0.25) is 0 Å². The third-order valence-corrected chi connectivity index (χ3v) is 8.02. The zero-order chi connectivity index (χ0) is 24.4. The number of hydrogen-bond donors (Lipinski definition) is 3. The van der Waals surface area contributed by atoms with Gasteiger partial charge in [-0.1, -0.05) is 0 Å². The molecule has 8 heteroatoms. The first-order valence-corrected chi connectivity index (χ1v) is 13.0. The van der Waals surface area contributed by atoms with Crippen LogP contribution in [0.4, 0.5) is 5.69 Å². The van der Waals surface area contributed by atoms with Crippen molar-refractivity contribution in [1.82, 2.24) is 14.9 Å². The summed E-state index contributed by atoms with van der Waals surface area (Å²) in [7, 11) is 0. The molecule has 0 spiro atoms. The van der Waals surface area contributed by atoms with Crippen LogP contribution in [0.1, 0.15) is 31.2 Å². The van der Waals surface area contributed by atoms with Crippen LogP contribution in [0.5, 0.6) is 5.75 Å². The molecule has 0 bridgehead atoms. The molecule has 2 aromatic carbocycles. The van der Waals surface area contributed by atoms with Crippen LogP contribution in [-0.2, 0) is 11.3 Å². The summed E-state index contributed by atoms with van der Waals surface area (Å²) in [4.78, 5) is 29.5. The zero-order valence-electron chi connectivity index (χ0n) is 19.1. The number of aromatic hydroxyl groups is 1. The fourth-order valence-electron chi connectivity index (χ4n) is 4.14. The van der Waals surface area contributed by atoms with E-state index in [4.69, 9.17) is 0 Å². The van der Waals surface area contributed by atoms with Gasteiger partial charge in [0.25, 0.3) is 0 Å². The van der Waals surface area contributed by atoms with Gasteiger partial charge in [0, 0.05) is 0 Å². The Kier molecular flexibility index (Phi) is 6.40. The van der Waals surface area contributed by atoms with Crippen molar-refractivity contribution in [2.45, 2.75) is 19.9 Å². The Bertz CT molecular complexity index is 1440. The molecular formula is C27H24N4O3Se. The average molecular weight is 531 g/mol. The molecule has 2 amide bonds. The zero-order valence-corrected chi connectivity index (χ0v) is 20.8. The van der Waals surface area contributed by atoms with E-state index in [2.05, 4.69) is 15.6 Å². The molecule has 176 valence electrons. The van der Waals surface area contributed by atoms with E-state index < -0.39 is 0 Å². The molecule has 7 nitrogen and oxygen atoms in total. The number of carbonyl (C=O) groups is 2. The number of amides is 2. The summed E-state index contributed by atoms with van der Waals surface area (Å²) in [6, 6.07) is 14.7. The molecule has 35 heavy (non-hydrogen) atoms. The minimum atomic E-state index is -0.166. The van der Waals surface area contributed by atoms with Crippen molar-refractivity contribution in [2.75, 3.05) is 11.9 Å². The Morgan fingerprint density at radius 3 is 2.86 bits per heavy atom. The number of nitrogens with one attached hydrogen (secondary N) is 2. The van der Waals surface area contributed by atoms with Crippen molar-refractivity contribution in [3.63, 3.8) is 0 Å². The van der Waals surface area contributed by atoms with E-state index in [-0.39, 0.29) is 32.1 Å². The van der Waals surface area contributed by atoms with E-state index in [1.54, 1.807) is 24.7 Å². The number of anilines is 1. The van der Waals surface area contributed by atoms with Crippen LogP contribution in [0.2, 0.25) is 0 Å². The Morgan fingerprint density at radius 1 is 1.20 bits per heavy atom. The van der Waals surface area contributed by atoms with E-state index in [0.29, 0.717) is 28.9 Å².